The van der Waals surface area contributed by atoms with Gasteiger partial charge in [-0.2, -0.15) is 0 Å². The molecule has 1 aromatic carbocycles. The van der Waals surface area contributed by atoms with E-state index < -0.39 is 0 Å². The van der Waals surface area contributed by atoms with E-state index in [9.17, 15) is 4.79 Å². The molecule has 0 atom stereocenters. The first kappa shape index (κ1) is 11.6. The van der Waals surface area contributed by atoms with E-state index in [0.29, 0.717) is 31.9 Å². The molecule has 0 bridgehead atoms. The largest absolute Gasteiger partial charge is 0.378 e. The van der Waals surface area contributed by atoms with Crippen molar-refractivity contribution in [1.29, 1.82) is 5.41 Å². The number of hydrogen-bond donors (Lipinski definition) is 2. The van der Waals surface area contributed by atoms with Crippen molar-refractivity contribution in [2.45, 2.75) is 0 Å². The Kier molecular flexibility index (Phi) is 3.72. The number of nitrogens with one attached hydrogen (secondary N) is 2. The number of rotatable bonds is 1. The topological polar surface area (TPSA) is 65.4 Å². The van der Waals surface area contributed by atoms with E-state index in [0.717, 1.165) is 0 Å². The van der Waals surface area contributed by atoms with Crippen LogP contribution in [0.15, 0.2) is 30.3 Å². The van der Waals surface area contributed by atoms with E-state index in [2.05, 4.69) is 5.32 Å². The molecule has 2 amide bonds. The molecule has 1 saturated heterocycles. The van der Waals surface area contributed by atoms with Gasteiger partial charge < -0.3 is 9.64 Å². The molecule has 2 rings (SSSR count). The van der Waals surface area contributed by atoms with E-state index in [1.807, 2.05) is 18.2 Å². The molecule has 1 fully saturated rings. The molecule has 5 heteroatoms. The maximum Gasteiger partial charge on any atom is 0.323 e. The normalized spacial score (nSPS) is 15.4. The zero-order chi connectivity index (χ0) is 12.1. The Balaban J connectivity index is 1.92. The van der Waals surface area contributed by atoms with Gasteiger partial charge in [-0.25, -0.2) is 4.79 Å². The number of nitrogens with zero attached hydrogens (tertiary/aromatic N) is 1. The molecule has 0 radical (unpaired) electrons. The minimum Gasteiger partial charge on any atom is -0.378 e. The van der Waals surface area contributed by atoms with Crippen molar-refractivity contribution < 1.29 is 9.53 Å². The molecule has 1 aliphatic heterocycles. The lowest BCUT2D eigenvalue weighted by molar-refractivity contribution is 0.0543. The summed E-state index contributed by atoms with van der Waals surface area (Å²) in [5.74, 6) is 0.127. The van der Waals surface area contributed by atoms with Crippen molar-refractivity contribution in [3.8, 4) is 0 Å². The van der Waals surface area contributed by atoms with Crippen LogP contribution in [0.4, 0.5) is 4.79 Å². The van der Waals surface area contributed by atoms with E-state index >= 15 is 0 Å². The van der Waals surface area contributed by atoms with Crippen LogP contribution in [0.2, 0.25) is 0 Å². The van der Waals surface area contributed by atoms with Gasteiger partial charge in [0.25, 0.3) is 0 Å². The van der Waals surface area contributed by atoms with Crippen LogP contribution < -0.4 is 5.32 Å². The van der Waals surface area contributed by atoms with Gasteiger partial charge in [0.2, 0.25) is 0 Å². The average Bonchev–Trinajstić information content (AvgIpc) is 2.40. The van der Waals surface area contributed by atoms with Crippen molar-refractivity contribution >= 4 is 11.9 Å². The van der Waals surface area contributed by atoms with Crippen molar-refractivity contribution in [1.82, 2.24) is 10.2 Å². The molecule has 0 aromatic heterocycles. The lowest BCUT2D eigenvalue weighted by atomic mass is 10.2. The summed E-state index contributed by atoms with van der Waals surface area (Å²) in [6, 6.07) is 8.90. The highest BCUT2D eigenvalue weighted by Crippen LogP contribution is 2.00. The number of carbonyl (C=O) groups is 1. The number of amides is 2. The molecule has 1 heterocycles. The van der Waals surface area contributed by atoms with Gasteiger partial charge in [-0.15, -0.1) is 0 Å². The maximum absolute atomic E-state index is 11.8. The second kappa shape index (κ2) is 5.45. The number of amidine groups is 1. The van der Waals surface area contributed by atoms with Crippen molar-refractivity contribution in [3.63, 3.8) is 0 Å². The molecule has 17 heavy (non-hydrogen) atoms. The first-order chi connectivity index (χ1) is 8.27. The zero-order valence-electron chi connectivity index (χ0n) is 9.48. The number of ether oxygens (including phenoxy) is 1. The zero-order valence-corrected chi connectivity index (χ0v) is 9.48. The average molecular weight is 233 g/mol. The molecule has 1 aromatic rings. The van der Waals surface area contributed by atoms with Crippen LogP contribution >= 0.6 is 0 Å². The van der Waals surface area contributed by atoms with Gasteiger partial charge in [0.15, 0.2) is 0 Å². The number of hydrogen-bond acceptors (Lipinski definition) is 3. The Labute approximate surface area is 99.9 Å². The lowest BCUT2D eigenvalue weighted by Gasteiger charge is -2.26. The molecule has 0 unspecified atom stereocenters. The predicted molar refractivity (Wildman–Crippen MR) is 64.2 cm³/mol. The van der Waals surface area contributed by atoms with Crippen LogP contribution in [-0.4, -0.2) is 43.1 Å². The third-order valence-electron chi connectivity index (χ3n) is 2.59. The maximum atomic E-state index is 11.8. The smallest absolute Gasteiger partial charge is 0.323 e. The summed E-state index contributed by atoms with van der Waals surface area (Å²) in [7, 11) is 0. The molecule has 0 saturated carbocycles. The summed E-state index contributed by atoms with van der Waals surface area (Å²) in [4.78, 5) is 13.5. The molecule has 2 N–H and O–H groups in total. The Hall–Kier alpha value is -1.88. The monoisotopic (exact) mass is 233 g/mol. The number of morpholine rings is 1. The number of urea groups is 1. The van der Waals surface area contributed by atoms with Crippen LogP contribution in [0.1, 0.15) is 5.56 Å². The standard InChI is InChI=1S/C12H15N3O2/c13-11(10-4-2-1-3-5-10)14-12(16)15-6-8-17-9-7-15/h1-5H,6-9H2,(H2,13,14,16). The van der Waals surface area contributed by atoms with Crippen molar-refractivity contribution in [2.75, 3.05) is 26.3 Å². The van der Waals surface area contributed by atoms with E-state index in [4.69, 9.17) is 10.1 Å². The highest BCUT2D eigenvalue weighted by atomic mass is 16.5. The first-order valence-electron chi connectivity index (χ1n) is 5.55. The van der Waals surface area contributed by atoms with Crippen LogP contribution in [0.25, 0.3) is 0 Å². The third-order valence-corrected chi connectivity index (χ3v) is 2.59. The summed E-state index contributed by atoms with van der Waals surface area (Å²) in [5.41, 5.74) is 0.703. The molecule has 0 spiro atoms. The third kappa shape index (κ3) is 3.04. The van der Waals surface area contributed by atoms with Gasteiger partial charge in [-0.3, -0.25) is 10.7 Å². The summed E-state index contributed by atoms with van der Waals surface area (Å²) in [6.45, 7) is 2.28. The molecule has 90 valence electrons. The fourth-order valence-electron chi connectivity index (χ4n) is 1.63. The van der Waals surface area contributed by atoms with Gasteiger partial charge in [0.1, 0.15) is 5.84 Å². The fraction of sp³-hybridized carbons (Fsp3) is 0.333. The summed E-state index contributed by atoms with van der Waals surface area (Å²) < 4.78 is 5.16. The molecule has 5 nitrogen and oxygen atoms in total. The van der Waals surface area contributed by atoms with Crippen LogP contribution in [-0.2, 0) is 4.74 Å². The van der Waals surface area contributed by atoms with Gasteiger partial charge in [0.05, 0.1) is 13.2 Å². The highest BCUT2D eigenvalue weighted by Gasteiger charge is 2.17. The van der Waals surface area contributed by atoms with Crippen molar-refractivity contribution in [2.24, 2.45) is 0 Å². The van der Waals surface area contributed by atoms with Crippen LogP contribution in [0.5, 0.6) is 0 Å². The van der Waals surface area contributed by atoms with E-state index in [1.165, 1.54) is 0 Å². The highest BCUT2D eigenvalue weighted by molar-refractivity contribution is 6.05. The Morgan fingerprint density at radius 1 is 1.24 bits per heavy atom. The Morgan fingerprint density at radius 2 is 1.88 bits per heavy atom. The predicted octanol–water partition coefficient (Wildman–Crippen LogP) is 1.05. The van der Waals surface area contributed by atoms with Crippen LogP contribution in [0.3, 0.4) is 0 Å². The quantitative estimate of drug-likeness (QED) is 0.562. The summed E-state index contributed by atoms with van der Waals surface area (Å²) in [5, 5.41) is 10.4. The second-order valence-corrected chi connectivity index (χ2v) is 3.77. The molecule has 1 aliphatic rings. The Bertz CT molecular complexity index is 399. The second-order valence-electron chi connectivity index (χ2n) is 3.77. The van der Waals surface area contributed by atoms with Crippen molar-refractivity contribution in [3.05, 3.63) is 35.9 Å². The number of carbonyl (C=O) groups excluding carboxylic acids is 1. The van der Waals surface area contributed by atoms with E-state index in [1.54, 1.807) is 17.0 Å². The fourth-order valence-corrected chi connectivity index (χ4v) is 1.63. The summed E-state index contributed by atoms with van der Waals surface area (Å²) >= 11 is 0. The van der Waals surface area contributed by atoms with E-state index in [-0.39, 0.29) is 11.9 Å². The number of benzene rings is 1. The lowest BCUT2D eigenvalue weighted by Crippen LogP contribution is -2.47. The van der Waals surface area contributed by atoms with Gasteiger partial charge >= 0.3 is 6.03 Å². The Morgan fingerprint density at radius 3 is 2.53 bits per heavy atom. The molecular formula is C12H15N3O2. The SMILES string of the molecule is N=C(NC(=O)N1CCOCC1)c1ccccc1. The minimum atomic E-state index is -0.234. The minimum absolute atomic E-state index is 0.127. The molecule has 0 aliphatic carbocycles. The summed E-state index contributed by atoms with van der Waals surface area (Å²) in [6.07, 6.45) is 0. The van der Waals surface area contributed by atoms with Gasteiger partial charge in [-0.05, 0) is 0 Å². The van der Waals surface area contributed by atoms with Gasteiger partial charge in [-0.1, -0.05) is 30.3 Å². The van der Waals surface area contributed by atoms with Crippen LogP contribution in [0, 0.1) is 5.41 Å². The first-order valence-corrected chi connectivity index (χ1v) is 5.55. The molecular weight excluding hydrogens is 218 g/mol. The van der Waals surface area contributed by atoms with Gasteiger partial charge in [0, 0.05) is 18.7 Å².